The van der Waals surface area contributed by atoms with Crippen molar-refractivity contribution in [1.82, 2.24) is 11.5 Å². The van der Waals surface area contributed by atoms with Gasteiger partial charge in [-0.15, -0.1) is 0 Å². The van der Waals surface area contributed by atoms with E-state index < -0.39 is 11.2 Å². The number of carboxylic acids is 1. The highest BCUT2D eigenvalue weighted by molar-refractivity contribution is 7.81. The topological polar surface area (TPSA) is 101 Å². The molecule has 0 bridgehead atoms. The number of hydrogen-bond donors (Lipinski definition) is 4. The van der Waals surface area contributed by atoms with E-state index in [0.717, 1.165) is 0 Å². The van der Waals surface area contributed by atoms with Gasteiger partial charge in [0.1, 0.15) is 6.54 Å². The van der Waals surface area contributed by atoms with E-state index in [-0.39, 0.29) is 18.6 Å². The van der Waals surface area contributed by atoms with Crippen LogP contribution in [-0.4, -0.2) is 28.8 Å². The van der Waals surface area contributed by atoms with Crippen molar-refractivity contribution in [3.63, 3.8) is 0 Å². The van der Waals surface area contributed by atoms with Crippen LogP contribution in [0.3, 0.4) is 0 Å². The monoisotopic (exact) mass is 180 g/mol. The molecule has 0 aliphatic heterocycles. The van der Waals surface area contributed by atoms with E-state index in [2.05, 4.69) is 17.9 Å². The minimum atomic E-state index is -1.05. The fourth-order valence-electron chi connectivity index (χ4n) is 0.310. The van der Waals surface area contributed by atoms with Gasteiger partial charge in [-0.3, -0.25) is 9.59 Å². The lowest BCUT2D eigenvalue weighted by atomic mass is 10.4. The minimum absolute atomic E-state index is 0. The lowest BCUT2D eigenvalue weighted by Crippen LogP contribution is -2.33. The van der Waals surface area contributed by atoms with Gasteiger partial charge >= 0.3 is 5.97 Å². The molecule has 1 amide bonds. The Morgan fingerprint density at radius 2 is 2.09 bits per heavy atom. The van der Waals surface area contributed by atoms with Crippen LogP contribution in [0.15, 0.2) is 0 Å². The van der Waals surface area contributed by atoms with Crippen molar-refractivity contribution in [2.45, 2.75) is 12.2 Å². The van der Waals surface area contributed by atoms with Gasteiger partial charge in [-0.25, -0.2) is 0 Å². The molecule has 0 fully saturated rings. The van der Waals surface area contributed by atoms with Crippen LogP contribution in [0.4, 0.5) is 0 Å². The Bertz CT molecular complexity index is 149. The summed E-state index contributed by atoms with van der Waals surface area (Å²) in [6, 6.07) is 0. The molecular weight excluding hydrogens is 168 g/mol. The summed E-state index contributed by atoms with van der Waals surface area (Å²) in [6.07, 6.45) is 0. The first-order valence-electron chi connectivity index (χ1n) is 2.71. The molecule has 5 N–H and O–H groups in total. The lowest BCUT2D eigenvalue weighted by molar-refractivity contribution is -0.137. The molecule has 1 atom stereocenters. The van der Waals surface area contributed by atoms with Crippen molar-refractivity contribution in [2.24, 2.45) is 0 Å². The van der Waals surface area contributed by atoms with Gasteiger partial charge in [-0.05, 0) is 6.92 Å². The molecule has 0 saturated heterocycles. The van der Waals surface area contributed by atoms with Crippen LogP contribution in [-0.2, 0) is 9.59 Å². The second-order valence-electron chi connectivity index (χ2n) is 1.79. The van der Waals surface area contributed by atoms with Crippen molar-refractivity contribution in [1.29, 1.82) is 0 Å². The number of hydrogen-bond acceptors (Lipinski definition) is 4. The molecule has 0 saturated carbocycles. The predicted molar refractivity (Wildman–Crippen MR) is 44.1 cm³/mol. The normalized spacial score (nSPS) is 11.1. The van der Waals surface area contributed by atoms with Gasteiger partial charge in [0.2, 0.25) is 5.91 Å². The van der Waals surface area contributed by atoms with Crippen molar-refractivity contribution in [3.8, 4) is 0 Å². The molecule has 11 heavy (non-hydrogen) atoms. The fourth-order valence-corrected chi connectivity index (χ4v) is 0.402. The Morgan fingerprint density at radius 1 is 1.64 bits per heavy atom. The van der Waals surface area contributed by atoms with Crippen molar-refractivity contribution < 1.29 is 14.7 Å². The van der Waals surface area contributed by atoms with Gasteiger partial charge in [0.15, 0.2) is 0 Å². The van der Waals surface area contributed by atoms with Crippen LogP contribution >= 0.6 is 12.6 Å². The number of carbonyl (C=O) groups excluding carboxylic acids is 1. The summed E-state index contributed by atoms with van der Waals surface area (Å²) in [6.45, 7) is 1.23. The highest BCUT2D eigenvalue weighted by atomic mass is 32.1. The first-order chi connectivity index (χ1) is 4.54. The van der Waals surface area contributed by atoms with Crippen LogP contribution in [0.1, 0.15) is 6.92 Å². The molecule has 0 rings (SSSR count). The molecule has 0 aliphatic rings. The second-order valence-corrected chi connectivity index (χ2v) is 2.56. The molecule has 0 aromatic rings. The second kappa shape index (κ2) is 5.99. The number of nitrogens with one attached hydrogen (secondary N) is 1. The first-order valence-corrected chi connectivity index (χ1v) is 3.23. The molecule has 0 radical (unpaired) electrons. The van der Waals surface area contributed by atoms with Crippen molar-refractivity contribution in [3.05, 3.63) is 0 Å². The van der Waals surface area contributed by atoms with Gasteiger partial charge in [-0.2, -0.15) is 12.6 Å². The van der Waals surface area contributed by atoms with Gasteiger partial charge in [-0.1, -0.05) is 0 Å². The summed E-state index contributed by atoms with van der Waals surface area (Å²) >= 11 is 3.79. The number of rotatable bonds is 3. The molecule has 0 heterocycles. The quantitative estimate of drug-likeness (QED) is 0.446. The zero-order valence-electron chi connectivity index (χ0n) is 6.20. The third kappa shape index (κ3) is 7.14. The van der Waals surface area contributed by atoms with E-state index in [1.54, 1.807) is 6.92 Å². The van der Waals surface area contributed by atoms with Gasteiger partial charge < -0.3 is 16.6 Å². The molecule has 0 aromatic heterocycles. The minimum Gasteiger partial charge on any atom is -0.480 e. The van der Waals surface area contributed by atoms with Crippen LogP contribution in [0.5, 0.6) is 0 Å². The standard InChI is InChI=1S/C5H9NO3S.H3N/c1-3(10)5(9)6-2-4(7)8;/h3,10H,2H2,1H3,(H,6,9)(H,7,8);1H3. The van der Waals surface area contributed by atoms with Crippen LogP contribution in [0.2, 0.25) is 0 Å². The summed E-state index contributed by atoms with van der Waals surface area (Å²) in [5, 5.41) is 9.81. The molecule has 66 valence electrons. The van der Waals surface area contributed by atoms with E-state index in [4.69, 9.17) is 5.11 Å². The summed E-state index contributed by atoms with van der Waals surface area (Å²) in [5.41, 5.74) is 0. The Labute approximate surface area is 70.2 Å². The van der Waals surface area contributed by atoms with Crippen LogP contribution in [0, 0.1) is 0 Å². The zero-order valence-corrected chi connectivity index (χ0v) is 7.10. The molecule has 1 unspecified atom stereocenters. The summed E-state index contributed by atoms with van der Waals surface area (Å²) < 4.78 is 0. The maximum absolute atomic E-state index is 10.6. The van der Waals surface area contributed by atoms with E-state index in [0.29, 0.717) is 0 Å². The SMILES string of the molecule is CC(S)C(=O)NCC(=O)O.N. The van der Waals surface area contributed by atoms with Gasteiger partial charge in [0.05, 0.1) is 5.25 Å². The Morgan fingerprint density at radius 3 is 2.36 bits per heavy atom. The van der Waals surface area contributed by atoms with Crippen molar-refractivity contribution in [2.75, 3.05) is 6.54 Å². The zero-order chi connectivity index (χ0) is 8.15. The maximum Gasteiger partial charge on any atom is 0.322 e. The van der Waals surface area contributed by atoms with E-state index >= 15 is 0 Å². The maximum atomic E-state index is 10.6. The van der Waals surface area contributed by atoms with Crippen molar-refractivity contribution >= 4 is 24.5 Å². The largest absolute Gasteiger partial charge is 0.480 e. The Balaban J connectivity index is 0. The first kappa shape index (κ1) is 12.9. The molecule has 0 aromatic carbocycles. The Kier molecular flexibility index (Phi) is 7.02. The summed E-state index contributed by atoms with van der Waals surface area (Å²) in [4.78, 5) is 20.5. The smallest absolute Gasteiger partial charge is 0.322 e. The molecule has 6 heteroatoms. The van der Waals surface area contributed by atoms with E-state index in [9.17, 15) is 9.59 Å². The number of carboxylic acid groups (broad SMARTS) is 1. The average Bonchev–Trinajstić information content (AvgIpc) is 1.82. The molecule has 5 nitrogen and oxygen atoms in total. The number of amides is 1. The van der Waals surface area contributed by atoms with Crippen LogP contribution < -0.4 is 11.5 Å². The molecule has 0 spiro atoms. The predicted octanol–water partition coefficient (Wildman–Crippen LogP) is -0.333. The van der Waals surface area contributed by atoms with E-state index in [1.807, 2.05) is 0 Å². The third-order valence-corrected chi connectivity index (χ3v) is 1.03. The average molecular weight is 180 g/mol. The third-order valence-electron chi connectivity index (χ3n) is 0.793. The van der Waals surface area contributed by atoms with Gasteiger partial charge in [0.25, 0.3) is 0 Å². The number of carbonyl (C=O) groups is 2. The Hall–Kier alpha value is -0.750. The highest BCUT2D eigenvalue weighted by Gasteiger charge is 2.07. The lowest BCUT2D eigenvalue weighted by Gasteiger charge is -2.02. The summed E-state index contributed by atoms with van der Waals surface area (Å²) in [5.74, 6) is -1.42. The number of aliphatic carboxylic acids is 1. The molecular formula is C5H12N2O3S. The van der Waals surface area contributed by atoms with Crippen LogP contribution in [0.25, 0.3) is 0 Å². The fraction of sp³-hybridized carbons (Fsp3) is 0.600. The number of thiol groups is 1. The highest BCUT2D eigenvalue weighted by Crippen LogP contribution is 1.89. The molecule has 0 aliphatic carbocycles. The van der Waals surface area contributed by atoms with E-state index in [1.165, 1.54) is 0 Å². The summed E-state index contributed by atoms with van der Waals surface area (Å²) in [7, 11) is 0. The van der Waals surface area contributed by atoms with Gasteiger partial charge in [0, 0.05) is 0 Å².